The third-order valence-electron chi connectivity index (χ3n) is 5.93. The molecule has 1 aromatic carbocycles. The molecule has 34 heavy (non-hydrogen) atoms. The summed E-state index contributed by atoms with van der Waals surface area (Å²) in [5, 5.41) is 10.7. The van der Waals surface area contributed by atoms with Crippen molar-refractivity contribution in [1.29, 1.82) is 0 Å². The van der Waals surface area contributed by atoms with Gasteiger partial charge in [-0.05, 0) is 68.0 Å². The van der Waals surface area contributed by atoms with Crippen molar-refractivity contribution in [3.8, 4) is 0 Å². The van der Waals surface area contributed by atoms with Crippen LogP contribution >= 0.6 is 0 Å². The average Bonchev–Trinajstić information content (AvgIpc) is 3.47. The number of hydrogen-bond donors (Lipinski definition) is 1. The second-order valence-corrected chi connectivity index (χ2v) is 7.87. The maximum atomic E-state index is 13.1. The summed E-state index contributed by atoms with van der Waals surface area (Å²) in [5.41, 5.74) is 0.964. The highest BCUT2D eigenvalue weighted by atomic mass is 16.5. The van der Waals surface area contributed by atoms with Crippen molar-refractivity contribution in [3.63, 3.8) is 0 Å². The van der Waals surface area contributed by atoms with Crippen LogP contribution in [0.3, 0.4) is 0 Å². The van der Waals surface area contributed by atoms with Crippen molar-refractivity contribution < 1.29 is 28.6 Å². The van der Waals surface area contributed by atoms with E-state index in [2.05, 4.69) is 18.7 Å². The van der Waals surface area contributed by atoms with E-state index >= 15 is 0 Å². The summed E-state index contributed by atoms with van der Waals surface area (Å²) in [6.45, 7) is 7.09. The molecule has 2 heterocycles. The Labute approximate surface area is 199 Å². The second-order valence-electron chi connectivity index (χ2n) is 7.87. The van der Waals surface area contributed by atoms with Gasteiger partial charge in [0, 0.05) is 6.54 Å². The fourth-order valence-electron chi connectivity index (χ4n) is 4.04. The van der Waals surface area contributed by atoms with E-state index in [0.717, 1.165) is 19.6 Å². The molecule has 0 saturated heterocycles. The molecule has 8 nitrogen and oxygen atoms in total. The van der Waals surface area contributed by atoms with Crippen molar-refractivity contribution in [2.45, 2.75) is 26.3 Å². The Morgan fingerprint density at radius 3 is 2.47 bits per heavy atom. The Balaban J connectivity index is 1.92. The topological polar surface area (TPSA) is 100 Å². The van der Waals surface area contributed by atoms with Gasteiger partial charge in [0.15, 0.2) is 11.5 Å². The van der Waals surface area contributed by atoms with Crippen LogP contribution in [0.5, 0.6) is 0 Å². The van der Waals surface area contributed by atoms with E-state index in [4.69, 9.17) is 9.15 Å². The van der Waals surface area contributed by atoms with E-state index in [1.165, 1.54) is 30.4 Å². The van der Waals surface area contributed by atoms with Crippen molar-refractivity contribution in [2.24, 2.45) is 0 Å². The van der Waals surface area contributed by atoms with Crippen molar-refractivity contribution >= 4 is 23.7 Å². The van der Waals surface area contributed by atoms with E-state index in [9.17, 15) is 19.5 Å². The molecule has 1 aliphatic heterocycles. The molecule has 0 fully saturated rings. The molecule has 1 aliphatic rings. The molecule has 1 atom stereocenters. The van der Waals surface area contributed by atoms with Gasteiger partial charge in [0.05, 0.1) is 30.6 Å². The van der Waals surface area contributed by atoms with Gasteiger partial charge in [0.25, 0.3) is 5.91 Å². The van der Waals surface area contributed by atoms with Crippen LogP contribution in [0.2, 0.25) is 0 Å². The molecule has 0 aliphatic carbocycles. The molecule has 1 N–H and O–H groups in total. The predicted octanol–water partition coefficient (Wildman–Crippen LogP) is 3.78. The zero-order valence-electron chi connectivity index (χ0n) is 19.7. The number of allylic oxidation sites excluding steroid dienone is 1. The highest BCUT2D eigenvalue weighted by Gasteiger charge is 2.42. The maximum Gasteiger partial charge on any atom is 0.337 e. The van der Waals surface area contributed by atoms with E-state index < -0.39 is 29.5 Å². The van der Waals surface area contributed by atoms with Gasteiger partial charge < -0.3 is 24.1 Å². The first-order valence-electron chi connectivity index (χ1n) is 11.3. The van der Waals surface area contributed by atoms with Gasteiger partial charge in [-0.2, -0.15) is 0 Å². The summed E-state index contributed by atoms with van der Waals surface area (Å²) in [5.74, 6) is -1.64. The monoisotopic (exact) mass is 466 g/mol. The van der Waals surface area contributed by atoms with Crippen LogP contribution < -0.4 is 0 Å². The van der Waals surface area contributed by atoms with E-state index in [1.54, 1.807) is 36.4 Å². The number of nitrogens with zero attached hydrogens (tertiary/aromatic N) is 2. The van der Waals surface area contributed by atoms with Crippen LogP contribution in [0.15, 0.2) is 64.5 Å². The minimum Gasteiger partial charge on any atom is -0.503 e. The lowest BCUT2D eigenvalue weighted by atomic mass is 9.95. The van der Waals surface area contributed by atoms with Crippen molar-refractivity contribution in [3.05, 3.63) is 77.0 Å². The molecule has 0 spiro atoms. The molecule has 1 amide bonds. The molecule has 1 unspecified atom stereocenters. The largest absolute Gasteiger partial charge is 0.503 e. The summed E-state index contributed by atoms with van der Waals surface area (Å²) in [6.07, 6.45) is 4.95. The number of esters is 1. The Kier molecular flexibility index (Phi) is 8.43. The summed E-state index contributed by atoms with van der Waals surface area (Å²) >= 11 is 0. The van der Waals surface area contributed by atoms with Gasteiger partial charge in [-0.1, -0.05) is 26.0 Å². The maximum absolute atomic E-state index is 13.1. The Hall–Kier alpha value is -3.65. The number of carbonyl (C=O) groups excluding carboxylic acids is 3. The summed E-state index contributed by atoms with van der Waals surface area (Å²) in [6, 6.07) is 9.12. The van der Waals surface area contributed by atoms with Gasteiger partial charge in [-0.25, -0.2) is 4.79 Å². The minimum absolute atomic E-state index is 0.00135. The lowest BCUT2D eigenvalue weighted by Gasteiger charge is -2.28. The third-order valence-corrected chi connectivity index (χ3v) is 5.93. The molecule has 0 saturated carbocycles. The van der Waals surface area contributed by atoms with Crippen LogP contribution in [-0.2, 0) is 14.3 Å². The standard InChI is InChI=1S/C26H30N2O6/c1-4-27(5-2)15-7-16-28-23(18-9-11-19(12-10-18)26(32)33-3)22(24(30)25(28)31)21(29)14-13-20-8-6-17-34-20/h6,8-14,17,23,30H,4-5,7,15-16H2,1-3H3/b14-13+. The van der Waals surface area contributed by atoms with Gasteiger partial charge in [0.2, 0.25) is 0 Å². The molecular formula is C26H30N2O6. The van der Waals surface area contributed by atoms with Crippen LogP contribution in [0.1, 0.15) is 48.0 Å². The number of rotatable bonds is 11. The molecule has 3 rings (SSSR count). The van der Waals surface area contributed by atoms with Crippen LogP contribution in [0, 0.1) is 0 Å². The Morgan fingerprint density at radius 2 is 1.88 bits per heavy atom. The van der Waals surface area contributed by atoms with Crippen molar-refractivity contribution in [1.82, 2.24) is 9.80 Å². The van der Waals surface area contributed by atoms with Gasteiger partial charge in [-0.3, -0.25) is 9.59 Å². The first-order chi connectivity index (χ1) is 16.4. The van der Waals surface area contributed by atoms with E-state index in [-0.39, 0.29) is 5.57 Å². The summed E-state index contributed by atoms with van der Waals surface area (Å²) in [7, 11) is 1.30. The Morgan fingerprint density at radius 1 is 1.18 bits per heavy atom. The molecule has 8 heteroatoms. The lowest BCUT2D eigenvalue weighted by molar-refractivity contribution is -0.129. The number of hydrogen-bond acceptors (Lipinski definition) is 7. The number of methoxy groups -OCH3 is 1. The zero-order chi connectivity index (χ0) is 24.7. The SMILES string of the molecule is CCN(CC)CCCN1C(=O)C(O)=C(C(=O)/C=C/c2ccco2)C1c1ccc(C(=O)OC)cc1. The smallest absolute Gasteiger partial charge is 0.337 e. The zero-order valence-corrected chi connectivity index (χ0v) is 19.7. The third kappa shape index (κ3) is 5.46. The first-order valence-corrected chi connectivity index (χ1v) is 11.3. The normalized spacial score (nSPS) is 16.2. The number of aliphatic hydroxyl groups excluding tert-OH is 1. The van der Waals surface area contributed by atoms with Gasteiger partial charge >= 0.3 is 5.97 Å². The van der Waals surface area contributed by atoms with Gasteiger partial charge in [-0.15, -0.1) is 0 Å². The fourth-order valence-corrected chi connectivity index (χ4v) is 4.04. The summed E-state index contributed by atoms with van der Waals surface area (Å²) in [4.78, 5) is 41.7. The van der Waals surface area contributed by atoms with Gasteiger partial charge in [0.1, 0.15) is 5.76 Å². The van der Waals surface area contributed by atoms with Crippen LogP contribution in [-0.4, -0.2) is 65.9 Å². The number of aliphatic hydroxyl groups is 1. The number of carbonyl (C=O) groups is 3. The lowest BCUT2D eigenvalue weighted by Crippen LogP contribution is -2.34. The number of ketones is 1. The quantitative estimate of drug-likeness (QED) is 0.397. The highest BCUT2D eigenvalue weighted by Crippen LogP contribution is 2.38. The van der Waals surface area contributed by atoms with E-state index in [0.29, 0.717) is 29.9 Å². The fraction of sp³-hybridized carbons (Fsp3) is 0.346. The molecule has 0 radical (unpaired) electrons. The predicted molar refractivity (Wildman–Crippen MR) is 127 cm³/mol. The van der Waals surface area contributed by atoms with Crippen molar-refractivity contribution in [2.75, 3.05) is 33.3 Å². The second kappa shape index (κ2) is 11.5. The minimum atomic E-state index is -0.773. The molecule has 1 aromatic heterocycles. The number of furan rings is 1. The molecule has 2 aromatic rings. The van der Waals surface area contributed by atoms with Crippen LogP contribution in [0.25, 0.3) is 6.08 Å². The first kappa shape index (κ1) is 25.0. The average molecular weight is 467 g/mol. The number of ether oxygens (including phenoxy) is 1. The Bertz CT molecular complexity index is 1070. The number of benzene rings is 1. The van der Waals surface area contributed by atoms with Crippen LogP contribution in [0.4, 0.5) is 0 Å². The number of amides is 1. The highest BCUT2D eigenvalue weighted by molar-refractivity contribution is 6.14. The molecule has 0 bridgehead atoms. The molecular weight excluding hydrogens is 436 g/mol. The van der Waals surface area contributed by atoms with E-state index in [1.807, 2.05) is 0 Å². The molecule has 180 valence electrons. The summed E-state index contributed by atoms with van der Waals surface area (Å²) < 4.78 is 9.98.